The lowest BCUT2D eigenvalue weighted by Gasteiger charge is -2.09. The van der Waals surface area contributed by atoms with Crippen LogP contribution in [0.2, 0.25) is 10.0 Å². The third-order valence-corrected chi connectivity index (χ3v) is 3.03. The zero-order chi connectivity index (χ0) is 14.5. The van der Waals surface area contributed by atoms with Gasteiger partial charge >= 0.3 is 0 Å². The fourth-order valence-corrected chi connectivity index (χ4v) is 1.89. The number of rotatable bonds is 4. The lowest BCUT2D eigenvalue weighted by molar-refractivity contribution is -0.118. The number of nitrogens with one attached hydrogen (secondary N) is 1. The van der Waals surface area contributed by atoms with Gasteiger partial charge in [-0.05, 0) is 30.3 Å². The zero-order valence-electron chi connectivity index (χ0n) is 10.2. The van der Waals surface area contributed by atoms with E-state index in [1.165, 1.54) is 12.1 Å². The van der Waals surface area contributed by atoms with Crippen LogP contribution < -0.4 is 10.1 Å². The molecule has 0 radical (unpaired) electrons. The highest BCUT2D eigenvalue weighted by molar-refractivity contribution is 6.33. The monoisotopic (exact) mass is 313 g/mol. The molecule has 20 heavy (non-hydrogen) atoms. The first-order chi connectivity index (χ1) is 9.56. The normalized spacial score (nSPS) is 10.2. The molecule has 2 aromatic rings. The van der Waals surface area contributed by atoms with E-state index in [0.717, 1.165) is 6.07 Å². The molecule has 0 saturated carbocycles. The maximum Gasteiger partial charge on any atom is 0.262 e. The van der Waals surface area contributed by atoms with Gasteiger partial charge in [0.1, 0.15) is 11.6 Å². The molecule has 0 aliphatic heterocycles. The fraction of sp³-hybridized carbons (Fsp3) is 0.0714. The maximum absolute atomic E-state index is 12.8. The van der Waals surface area contributed by atoms with Gasteiger partial charge in [-0.25, -0.2) is 4.39 Å². The molecular formula is C14H10Cl2FNO2. The van der Waals surface area contributed by atoms with Gasteiger partial charge in [0.15, 0.2) is 6.61 Å². The maximum atomic E-state index is 12.8. The number of hydrogen-bond acceptors (Lipinski definition) is 2. The van der Waals surface area contributed by atoms with Gasteiger partial charge in [-0.3, -0.25) is 4.79 Å². The standard InChI is InChI=1S/C14H10Cl2FNO2/c15-10-3-1-2-4-12(10)18-14(19)8-20-13-6-5-9(17)7-11(13)16/h1-7H,8H2,(H,18,19). The highest BCUT2D eigenvalue weighted by Crippen LogP contribution is 2.25. The predicted molar refractivity (Wildman–Crippen MR) is 77.0 cm³/mol. The Kier molecular flexibility index (Phi) is 4.82. The summed E-state index contributed by atoms with van der Waals surface area (Å²) >= 11 is 11.7. The summed E-state index contributed by atoms with van der Waals surface area (Å²) in [5.74, 6) is -0.622. The Hall–Kier alpha value is -1.78. The summed E-state index contributed by atoms with van der Waals surface area (Å²) in [5.41, 5.74) is 0.493. The summed E-state index contributed by atoms with van der Waals surface area (Å²) in [4.78, 5) is 11.7. The van der Waals surface area contributed by atoms with Crippen LogP contribution in [0, 0.1) is 5.82 Å². The van der Waals surface area contributed by atoms with Gasteiger partial charge in [-0.15, -0.1) is 0 Å². The van der Waals surface area contributed by atoms with Crippen LogP contribution in [-0.4, -0.2) is 12.5 Å². The topological polar surface area (TPSA) is 38.3 Å². The second-order valence-electron chi connectivity index (χ2n) is 3.89. The Morgan fingerprint density at radius 2 is 1.90 bits per heavy atom. The van der Waals surface area contributed by atoms with Crippen molar-refractivity contribution in [2.45, 2.75) is 0 Å². The summed E-state index contributed by atoms with van der Waals surface area (Å²) in [7, 11) is 0. The Morgan fingerprint density at radius 1 is 1.15 bits per heavy atom. The van der Waals surface area contributed by atoms with Crippen molar-refractivity contribution in [3.8, 4) is 5.75 Å². The number of benzene rings is 2. The minimum atomic E-state index is -0.470. The van der Waals surface area contributed by atoms with Crippen LogP contribution in [0.5, 0.6) is 5.75 Å². The van der Waals surface area contributed by atoms with Gasteiger partial charge < -0.3 is 10.1 Å². The van der Waals surface area contributed by atoms with Gasteiger partial charge in [0.05, 0.1) is 15.7 Å². The largest absolute Gasteiger partial charge is 0.482 e. The van der Waals surface area contributed by atoms with Crippen molar-refractivity contribution < 1.29 is 13.9 Å². The second-order valence-corrected chi connectivity index (χ2v) is 4.71. The molecule has 0 aliphatic rings. The van der Waals surface area contributed by atoms with Gasteiger partial charge in [0.25, 0.3) is 5.91 Å². The van der Waals surface area contributed by atoms with Gasteiger partial charge in [0.2, 0.25) is 0 Å². The summed E-state index contributed by atoms with van der Waals surface area (Å²) in [6, 6.07) is 10.5. The number of carbonyl (C=O) groups is 1. The Bertz CT molecular complexity index is 634. The Morgan fingerprint density at radius 3 is 2.60 bits per heavy atom. The highest BCUT2D eigenvalue weighted by atomic mass is 35.5. The molecule has 0 fully saturated rings. The van der Waals surface area contributed by atoms with Crippen LogP contribution in [0.4, 0.5) is 10.1 Å². The van der Waals surface area contributed by atoms with Crippen molar-refractivity contribution in [2.24, 2.45) is 0 Å². The first-order valence-corrected chi connectivity index (χ1v) is 6.44. The summed E-state index contributed by atoms with van der Waals surface area (Å²) in [6.45, 7) is -0.253. The number of hydrogen-bond donors (Lipinski definition) is 1. The first-order valence-electron chi connectivity index (χ1n) is 5.68. The average Bonchev–Trinajstić information content (AvgIpc) is 2.40. The minimum Gasteiger partial charge on any atom is -0.482 e. The molecule has 6 heteroatoms. The van der Waals surface area contributed by atoms with Crippen molar-refractivity contribution in [2.75, 3.05) is 11.9 Å². The number of carbonyl (C=O) groups excluding carboxylic acids is 1. The van der Waals surface area contributed by atoms with Gasteiger partial charge in [-0.1, -0.05) is 35.3 Å². The molecule has 0 unspecified atom stereocenters. The first kappa shape index (κ1) is 14.6. The number of amides is 1. The summed E-state index contributed by atoms with van der Waals surface area (Å²) in [5, 5.41) is 3.14. The van der Waals surface area contributed by atoms with E-state index in [-0.39, 0.29) is 17.4 Å². The molecule has 104 valence electrons. The zero-order valence-corrected chi connectivity index (χ0v) is 11.7. The molecule has 0 bridgehead atoms. The number of para-hydroxylation sites is 1. The van der Waals surface area contributed by atoms with Gasteiger partial charge in [0, 0.05) is 0 Å². The molecule has 2 rings (SSSR count). The van der Waals surface area contributed by atoms with Crippen molar-refractivity contribution in [1.29, 1.82) is 0 Å². The lowest BCUT2D eigenvalue weighted by Crippen LogP contribution is -2.20. The minimum absolute atomic E-state index is 0.107. The van der Waals surface area contributed by atoms with Crippen LogP contribution >= 0.6 is 23.2 Å². The second kappa shape index (κ2) is 6.59. The van der Waals surface area contributed by atoms with Crippen molar-refractivity contribution in [3.05, 3.63) is 58.3 Å². The van der Waals surface area contributed by atoms with Crippen LogP contribution in [0.1, 0.15) is 0 Å². The highest BCUT2D eigenvalue weighted by Gasteiger charge is 2.08. The molecule has 0 atom stereocenters. The van der Waals surface area contributed by atoms with Crippen molar-refractivity contribution >= 4 is 34.8 Å². The number of halogens is 3. The van der Waals surface area contributed by atoms with E-state index >= 15 is 0 Å². The van der Waals surface area contributed by atoms with E-state index in [4.69, 9.17) is 27.9 Å². The van der Waals surface area contributed by atoms with Crippen molar-refractivity contribution in [1.82, 2.24) is 0 Å². The summed E-state index contributed by atoms with van der Waals surface area (Å²) in [6.07, 6.45) is 0. The molecule has 3 nitrogen and oxygen atoms in total. The molecule has 2 aromatic carbocycles. The van der Waals surface area contributed by atoms with E-state index < -0.39 is 11.7 Å². The molecule has 0 heterocycles. The number of ether oxygens (including phenoxy) is 1. The Labute approximate surface area is 125 Å². The third-order valence-electron chi connectivity index (χ3n) is 2.40. The van der Waals surface area contributed by atoms with E-state index in [1.807, 2.05) is 0 Å². The Balaban J connectivity index is 1.94. The average molecular weight is 314 g/mol. The van der Waals surface area contributed by atoms with E-state index in [2.05, 4.69) is 5.32 Å². The molecule has 0 aromatic heterocycles. The van der Waals surface area contributed by atoms with Crippen LogP contribution in [0.3, 0.4) is 0 Å². The lowest BCUT2D eigenvalue weighted by atomic mass is 10.3. The molecule has 0 saturated heterocycles. The van der Waals surface area contributed by atoms with Gasteiger partial charge in [-0.2, -0.15) is 0 Å². The smallest absolute Gasteiger partial charge is 0.262 e. The van der Waals surface area contributed by atoms with E-state index in [1.54, 1.807) is 24.3 Å². The van der Waals surface area contributed by atoms with E-state index in [0.29, 0.717) is 10.7 Å². The molecule has 0 aliphatic carbocycles. The van der Waals surface area contributed by atoms with Crippen LogP contribution in [0.25, 0.3) is 0 Å². The molecule has 0 spiro atoms. The van der Waals surface area contributed by atoms with E-state index in [9.17, 15) is 9.18 Å². The fourth-order valence-electron chi connectivity index (χ4n) is 1.48. The SMILES string of the molecule is O=C(COc1ccc(F)cc1Cl)Nc1ccccc1Cl. The van der Waals surface area contributed by atoms with Crippen LogP contribution in [0.15, 0.2) is 42.5 Å². The van der Waals surface area contributed by atoms with Crippen molar-refractivity contribution in [3.63, 3.8) is 0 Å². The summed E-state index contributed by atoms with van der Waals surface area (Å²) < 4.78 is 18.1. The molecular weight excluding hydrogens is 304 g/mol. The predicted octanol–water partition coefficient (Wildman–Crippen LogP) is 4.15. The third kappa shape index (κ3) is 3.85. The number of anilines is 1. The molecule has 1 amide bonds. The molecule has 1 N–H and O–H groups in total. The van der Waals surface area contributed by atoms with Crippen LogP contribution in [-0.2, 0) is 4.79 Å². The quantitative estimate of drug-likeness (QED) is 0.920.